The Morgan fingerprint density at radius 1 is 1.53 bits per heavy atom. The molecule has 1 amide bonds. The first-order chi connectivity index (χ1) is 9.29. The van der Waals surface area contributed by atoms with Crippen molar-refractivity contribution in [3.05, 3.63) is 34.9 Å². The number of alkyl carbamates (subject to hydrolysis) is 1. The maximum atomic E-state index is 11.1. The summed E-state index contributed by atoms with van der Waals surface area (Å²) in [5, 5.41) is 5.65. The highest BCUT2D eigenvalue weighted by Gasteiger charge is 2.05. The zero-order chi connectivity index (χ0) is 13.5. The van der Waals surface area contributed by atoms with Crippen LogP contribution in [0.25, 0.3) is 11.3 Å². The molecule has 0 aliphatic carbocycles. The first kappa shape index (κ1) is 13.5. The summed E-state index contributed by atoms with van der Waals surface area (Å²) >= 11 is 1.58. The molecule has 1 N–H and O–H groups in total. The Labute approximate surface area is 115 Å². The van der Waals surface area contributed by atoms with Gasteiger partial charge >= 0.3 is 6.09 Å². The number of ether oxygens (including phenoxy) is 1. The minimum Gasteiger partial charge on any atom is -0.450 e. The number of pyridine rings is 1. The number of amides is 1. The molecule has 0 saturated heterocycles. The Bertz CT molecular complexity index is 528. The first-order valence-electron chi connectivity index (χ1n) is 6.05. The second kappa shape index (κ2) is 6.84. The van der Waals surface area contributed by atoms with E-state index >= 15 is 0 Å². The number of hydrogen-bond donors (Lipinski definition) is 1. The normalized spacial score (nSPS) is 10.2. The van der Waals surface area contributed by atoms with Crippen LogP contribution in [0.1, 0.15) is 11.9 Å². The Kier molecular flexibility index (Phi) is 4.85. The molecule has 2 aromatic heterocycles. The van der Waals surface area contributed by atoms with E-state index in [1.54, 1.807) is 30.7 Å². The van der Waals surface area contributed by atoms with Crippen LogP contribution in [0.4, 0.5) is 4.79 Å². The maximum absolute atomic E-state index is 11.1. The van der Waals surface area contributed by atoms with Gasteiger partial charge in [-0.1, -0.05) is 0 Å². The molecule has 0 aliphatic rings. The quantitative estimate of drug-likeness (QED) is 0.912. The maximum Gasteiger partial charge on any atom is 0.407 e. The minimum absolute atomic E-state index is 0.383. The van der Waals surface area contributed by atoms with Crippen LogP contribution in [-0.2, 0) is 11.2 Å². The van der Waals surface area contributed by atoms with Crippen LogP contribution in [0.5, 0.6) is 0 Å². The predicted octanol–water partition coefficient (Wildman–Crippen LogP) is 2.49. The van der Waals surface area contributed by atoms with Gasteiger partial charge in [-0.05, 0) is 19.1 Å². The van der Waals surface area contributed by atoms with Crippen LogP contribution in [-0.4, -0.2) is 29.2 Å². The molecule has 0 radical (unpaired) electrons. The van der Waals surface area contributed by atoms with Crippen molar-refractivity contribution in [2.45, 2.75) is 13.3 Å². The van der Waals surface area contributed by atoms with E-state index in [0.29, 0.717) is 19.6 Å². The van der Waals surface area contributed by atoms with Gasteiger partial charge in [0, 0.05) is 36.3 Å². The summed E-state index contributed by atoms with van der Waals surface area (Å²) in [7, 11) is 0. The third-order valence-electron chi connectivity index (χ3n) is 2.39. The number of carbonyl (C=O) groups is 1. The van der Waals surface area contributed by atoms with Crippen LogP contribution in [0.15, 0.2) is 29.9 Å². The van der Waals surface area contributed by atoms with Crippen LogP contribution in [0.2, 0.25) is 0 Å². The van der Waals surface area contributed by atoms with Crippen molar-refractivity contribution in [2.24, 2.45) is 0 Å². The molecule has 0 unspecified atom stereocenters. The predicted molar refractivity (Wildman–Crippen MR) is 74.1 cm³/mol. The molecule has 0 atom stereocenters. The van der Waals surface area contributed by atoms with Crippen molar-refractivity contribution < 1.29 is 9.53 Å². The highest BCUT2D eigenvalue weighted by molar-refractivity contribution is 7.09. The van der Waals surface area contributed by atoms with E-state index < -0.39 is 0 Å². The molecule has 0 bridgehead atoms. The lowest BCUT2D eigenvalue weighted by atomic mass is 10.2. The lowest BCUT2D eigenvalue weighted by Gasteiger charge is -2.03. The van der Waals surface area contributed by atoms with E-state index in [2.05, 4.69) is 15.3 Å². The summed E-state index contributed by atoms with van der Waals surface area (Å²) in [5.74, 6) is 0. The molecule has 100 valence electrons. The highest BCUT2D eigenvalue weighted by atomic mass is 32.1. The van der Waals surface area contributed by atoms with E-state index in [4.69, 9.17) is 4.74 Å². The molecule has 2 heterocycles. The van der Waals surface area contributed by atoms with Gasteiger partial charge in [0.05, 0.1) is 17.3 Å². The summed E-state index contributed by atoms with van der Waals surface area (Å²) < 4.78 is 4.78. The number of aromatic nitrogens is 2. The number of hydrogen-bond acceptors (Lipinski definition) is 5. The fraction of sp³-hybridized carbons (Fsp3) is 0.308. The summed E-state index contributed by atoms with van der Waals surface area (Å²) in [5.41, 5.74) is 1.92. The average molecular weight is 277 g/mol. The number of nitrogens with one attached hydrogen (secondary N) is 1. The molecular formula is C13H15N3O2S. The van der Waals surface area contributed by atoms with E-state index in [0.717, 1.165) is 16.3 Å². The van der Waals surface area contributed by atoms with Gasteiger partial charge < -0.3 is 10.1 Å². The van der Waals surface area contributed by atoms with Crippen molar-refractivity contribution in [2.75, 3.05) is 13.2 Å². The van der Waals surface area contributed by atoms with E-state index in [9.17, 15) is 4.79 Å². The molecule has 0 saturated carbocycles. The van der Waals surface area contributed by atoms with Crippen LogP contribution < -0.4 is 5.32 Å². The lowest BCUT2D eigenvalue weighted by Crippen LogP contribution is -2.26. The van der Waals surface area contributed by atoms with E-state index in [1.165, 1.54) is 0 Å². The topological polar surface area (TPSA) is 64.1 Å². The first-order valence-corrected chi connectivity index (χ1v) is 6.93. The zero-order valence-electron chi connectivity index (χ0n) is 10.6. The molecule has 0 aromatic carbocycles. The molecule has 0 fully saturated rings. The third kappa shape index (κ3) is 4.03. The van der Waals surface area contributed by atoms with Gasteiger partial charge in [0.2, 0.25) is 0 Å². The van der Waals surface area contributed by atoms with E-state index in [-0.39, 0.29) is 6.09 Å². The summed E-state index contributed by atoms with van der Waals surface area (Å²) in [6, 6.07) is 3.86. The smallest absolute Gasteiger partial charge is 0.407 e. The number of nitrogens with zero attached hydrogens (tertiary/aromatic N) is 2. The summed E-state index contributed by atoms with van der Waals surface area (Å²) in [6.07, 6.45) is 3.84. The molecular weight excluding hydrogens is 262 g/mol. The summed E-state index contributed by atoms with van der Waals surface area (Å²) in [6.45, 7) is 2.69. The Morgan fingerprint density at radius 3 is 3.16 bits per heavy atom. The largest absolute Gasteiger partial charge is 0.450 e. The molecule has 6 heteroatoms. The van der Waals surface area contributed by atoms with Gasteiger partial charge in [-0.25, -0.2) is 9.78 Å². The van der Waals surface area contributed by atoms with Crippen molar-refractivity contribution in [1.82, 2.24) is 15.3 Å². The number of thiazole rings is 1. The van der Waals surface area contributed by atoms with Crippen LogP contribution in [0, 0.1) is 0 Å². The monoisotopic (exact) mass is 277 g/mol. The Hall–Kier alpha value is -1.95. The Balaban J connectivity index is 1.86. The molecule has 2 aromatic rings. The molecule has 5 nitrogen and oxygen atoms in total. The number of carbonyl (C=O) groups excluding carboxylic acids is 1. The van der Waals surface area contributed by atoms with Crippen molar-refractivity contribution >= 4 is 17.4 Å². The molecule has 0 spiro atoms. The standard InChI is InChI=1S/C13H15N3O2S/c1-2-18-13(17)15-7-5-12-16-11(9-19-12)10-4-3-6-14-8-10/h3-4,6,8-9H,2,5,7H2,1H3,(H,15,17). The SMILES string of the molecule is CCOC(=O)NCCc1nc(-c2cccnc2)cs1. The number of rotatable bonds is 5. The van der Waals surface area contributed by atoms with Gasteiger partial charge in [0.25, 0.3) is 0 Å². The average Bonchev–Trinajstić information content (AvgIpc) is 2.89. The van der Waals surface area contributed by atoms with Crippen molar-refractivity contribution in [1.29, 1.82) is 0 Å². The molecule has 0 aliphatic heterocycles. The van der Waals surface area contributed by atoms with E-state index in [1.807, 2.05) is 17.5 Å². The third-order valence-corrected chi connectivity index (χ3v) is 3.30. The van der Waals surface area contributed by atoms with Gasteiger partial charge in [-0.2, -0.15) is 0 Å². The van der Waals surface area contributed by atoms with Crippen molar-refractivity contribution in [3.8, 4) is 11.3 Å². The summed E-state index contributed by atoms with van der Waals surface area (Å²) in [4.78, 5) is 19.7. The van der Waals surface area contributed by atoms with Gasteiger partial charge in [0.1, 0.15) is 0 Å². The van der Waals surface area contributed by atoms with Gasteiger partial charge in [-0.3, -0.25) is 4.98 Å². The van der Waals surface area contributed by atoms with Crippen LogP contribution in [0.3, 0.4) is 0 Å². The second-order valence-corrected chi connectivity index (χ2v) is 4.71. The molecule has 19 heavy (non-hydrogen) atoms. The fourth-order valence-corrected chi connectivity index (χ4v) is 2.33. The lowest BCUT2D eigenvalue weighted by molar-refractivity contribution is 0.152. The van der Waals surface area contributed by atoms with Crippen molar-refractivity contribution in [3.63, 3.8) is 0 Å². The fourth-order valence-electron chi connectivity index (χ4n) is 1.53. The zero-order valence-corrected chi connectivity index (χ0v) is 11.4. The second-order valence-electron chi connectivity index (χ2n) is 3.77. The Morgan fingerprint density at radius 2 is 2.42 bits per heavy atom. The van der Waals surface area contributed by atoms with Crippen LogP contribution >= 0.6 is 11.3 Å². The highest BCUT2D eigenvalue weighted by Crippen LogP contribution is 2.20. The molecule has 2 rings (SSSR count). The van der Waals surface area contributed by atoms with Gasteiger partial charge in [-0.15, -0.1) is 11.3 Å². The minimum atomic E-state index is -0.383. The van der Waals surface area contributed by atoms with Gasteiger partial charge in [0.15, 0.2) is 0 Å².